The number of anilines is 1. The van der Waals surface area contributed by atoms with Crippen molar-refractivity contribution >= 4 is 17.7 Å². The van der Waals surface area contributed by atoms with Crippen molar-refractivity contribution in [3.8, 4) is 0 Å². The average molecular weight is 266 g/mol. The van der Waals surface area contributed by atoms with Gasteiger partial charge in [-0.1, -0.05) is 13.8 Å². The largest absolute Gasteiger partial charge is 0.478 e. The molecule has 2 rings (SSSR count). The normalized spacial score (nSPS) is 19.6. The van der Waals surface area contributed by atoms with Crippen LogP contribution in [0.15, 0.2) is 18.2 Å². The number of benzene rings is 1. The molecule has 2 amide bonds. The molecule has 0 aliphatic heterocycles. The molecule has 6 heteroatoms. The van der Waals surface area contributed by atoms with Crippen LogP contribution >= 0.6 is 0 Å². The molecule has 1 atom stereocenters. The fraction of sp³-hybridized carbons (Fsp3) is 0.385. The molecular formula is C13H15FN2O3. The number of urea groups is 1. The summed E-state index contributed by atoms with van der Waals surface area (Å²) < 4.78 is 13.6. The van der Waals surface area contributed by atoms with Gasteiger partial charge in [0.1, 0.15) is 5.82 Å². The third-order valence-corrected chi connectivity index (χ3v) is 3.28. The number of amides is 2. The van der Waals surface area contributed by atoms with Crippen LogP contribution < -0.4 is 10.6 Å². The molecule has 1 aliphatic carbocycles. The molecule has 0 saturated heterocycles. The summed E-state index contributed by atoms with van der Waals surface area (Å²) in [5.41, 5.74) is -0.115. The summed E-state index contributed by atoms with van der Waals surface area (Å²) in [5.74, 6) is -1.99. The van der Waals surface area contributed by atoms with Crippen LogP contribution in [0, 0.1) is 11.2 Å². The fourth-order valence-electron chi connectivity index (χ4n) is 1.78. The number of halogens is 1. The molecule has 1 aromatic rings. The maximum atomic E-state index is 13.6. The van der Waals surface area contributed by atoms with Crippen LogP contribution in [0.5, 0.6) is 0 Å². The molecular weight excluding hydrogens is 251 g/mol. The highest BCUT2D eigenvalue weighted by atomic mass is 19.1. The van der Waals surface area contributed by atoms with Gasteiger partial charge in [0.25, 0.3) is 0 Å². The minimum Gasteiger partial charge on any atom is -0.478 e. The summed E-state index contributed by atoms with van der Waals surface area (Å²) in [7, 11) is 0. The molecule has 1 unspecified atom stereocenters. The Morgan fingerprint density at radius 1 is 1.42 bits per heavy atom. The van der Waals surface area contributed by atoms with E-state index >= 15 is 0 Å². The van der Waals surface area contributed by atoms with Crippen LogP contribution in [0.4, 0.5) is 14.9 Å². The van der Waals surface area contributed by atoms with Crippen molar-refractivity contribution in [3.63, 3.8) is 0 Å². The Morgan fingerprint density at radius 3 is 2.53 bits per heavy atom. The van der Waals surface area contributed by atoms with Crippen molar-refractivity contribution in [1.82, 2.24) is 5.32 Å². The van der Waals surface area contributed by atoms with Crippen molar-refractivity contribution in [2.24, 2.45) is 5.41 Å². The van der Waals surface area contributed by atoms with Crippen LogP contribution in [-0.4, -0.2) is 23.1 Å². The standard InChI is InChI=1S/C13H15FN2O3/c1-13(2)6-10(13)16-12(19)15-9-4-3-7(11(17)18)5-8(9)14/h3-5,10H,6H2,1-2H3,(H,17,18)(H2,15,16,19). The topological polar surface area (TPSA) is 78.4 Å². The molecule has 1 aromatic carbocycles. The first kappa shape index (κ1) is 13.3. The van der Waals surface area contributed by atoms with E-state index < -0.39 is 17.8 Å². The summed E-state index contributed by atoms with van der Waals surface area (Å²) in [5, 5.41) is 13.8. The van der Waals surface area contributed by atoms with E-state index in [0.717, 1.165) is 12.5 Å². The molecule has 0 radical (unpaired) electrons. The van der Waals surface area contributed by atoms with Crippen LogP contribution in [0.2, 0.25) is 0 Å². The number of hydrogen-bond donors (Lipinski definition) is 3. The SMILES string of the molecule is CC1(C)CC1NC(=O)Nc1ccc(C(=O)O)cc1F. The zero-order valence-electron chi connectivity index (χ0n) is 10.7. The van der Waals surface area contributed by atoms with Crippen LogP contribution in [0.3, 0.4) is 0 Å². The third kappa shape index (κ3) is 3.01. The van der Waals surface area contributed by atoms with E-state index in [1.807, 2.05) is 13.8 Å². The Hall–Kier alpha value is -2.11. The third-order valence-electron chi connectivity index (χ3n) is 3.28. The zero-order chi connectivity index (χ0) is 14.2. The number of nitrogens with one attached hydrogen (secondary N) is 2. The number of carbonyl (C=O) groups is 2. The lowest BCUT2D eigenvalue weighted by Gasteiger charge is -2.09. The first-order valence-electron chi connectivity index (χ1n) is 5.90. The molecule has 102 valence electrons. The highest BCUT2D eigenvalue weighted by molar-refractivity contribution is 5.92. The quantitative estimate of drug-likeness (QED) is 0.786. The fourth-order valence-corrected chi connectivity index (χ4v) is 1.78. The second-order valence-electron chi connectivity index (χ2n) is 5.34. The monoisotopic (exact) mass is 266 g/mol. The Bertz CT molecular complexity index is 543. The molecule has 1 saturated carbocycles. The van der Waals surface area contributed by atoms with Crippen molar-refractivity contribution in [2.75, 3.05) is 5.32 Å². The first-order chi connectivity index (χ1) is 8.79. The van der Waals surface area contributed by atoms with Gasteiger partial charge in [-0.2, -0.15) is 0 Å². The van der Waals surface area contributed by atoms with E-state index in [1.165, 1.54) is 12.1 Å². The van der Waals surface area contributed by atoms with Gasteiger partial charge in [-0.25, -0.2) is 14.0 Å². The van der Waals surface area contributed by atoms with Crippen molar-refractivity contribution in [3.05, 3.63) is 29.6 Å². The lowest BCUT2D eigenvalue weighted by atomic mass is 10.2. The number of carboxylic acid groups (broad SMARTS) is 1. The maximum absolute atomic E-state index is 13.6. The predicted octanol–water partition coefficient (Wildman–Crippen LogP) is 2.44. The van der Waals surface area contributed by atoms with Crippen LogP contribution in [0.25, 0.3) is 0 Å². The van der Waals surface area contributed by atoms with E-state index in [1.54, 1.807) is 0 Å². The van der Waals surface area contributed by atoms with Crippen LogP contribution in [0.1, 0.15) is 30.6 Å². The van der Waals surface area contributed by atoms with Crippen LogP contribution in [-0.2, 0) is 0 Å². The second kappa shape index (κ2) is 4.53. The number of carbonyl (C=O) groups excluding carboxylic acids is 1. The van der Waals surface area contributed by atoms with E-state index in [4.69, 9.17) is 5.11 Å². The van der Waals surface area contributed by atoms with Gasteiger partial charge in [-0.15, -0.1) is 0 Å². The van der Waals surface area contributed by atoms with Gasteiger partial charge >= 0.3 is 12.0 Å². The molecule has 0 bridgehead atoms. The second-order valence-corrected chi connectivity index (χ2v) is 5.34. The Balaban J connectivity index is 1.99. The Morgan fingerprint density at radius 2 is 2.05 bits per heavy atom. The average Bonchev–Trinajstić information content (AvgIpc) is 2.88. The van der Waals surface area contributed by atoms with Crippen molar-refractivity contribution < 1.29 is 19.1 Å². The summed E-state index contributed by atoms with van der Waals surface area (Å²) in [4.78, 5) is 22.3. The number of aromatic carboxylic acids is 1. The zero-order valence-corrected chi connectivity index (χ0v) is 10.7. The number of rotatable bonds is 3. The number of carboxylic acids is 1. The van der Waals surface area contributed by atoms with Gasteiger partial charge in [0.2, 0.25) is 0 Å². The summed E-state index contributed by atoms with van der Waals surface area (Å²) in [6.45, 7) is 4.06. The molecule has 0 aromatic heterocycles. The lowest BCUT2D eigenvalue weighted by molar-refractivity contribution is 0.0696. The molecule has 5 nitrogen and oxygen atoms in total. The highest BCUT2D eigenvalue weighted by Crippen LogP contribution is 2.44. The molecule has 0 spiro atoms. The van der Waals surface area contributed by atoms with E-state index in [9.17, 15) is 14.0 Å². The van der Waals surface area contributed by atoms with E-state index in [0.29, 0.717) is 0 Å². The lowest BCUT2D eigenvalue weighted by Crippen LogP contribution is -2.32. The van der Waals surface area contributed by atoms with Gasteiger partial charge < -0.3 is 15.7 Å². The van der Waals surface area contributed by atoms with Gasteiger partial charge in [0.15, 0.2) is 0 Å². The van der Waals surface area contributed by atoms with Gasteiger partial charge in [-0.3, -0.25) is 0 Å². The summed E-state index contributed by atoms with van der Waals surface area (Å²) >= 11 is 0. The number of hydrogen-bond acceptors (Lipinski definition) is 2. The van der Waals surface area contributed by atoms with Crippen molar-refractivity contribution in [2.45, 2.75) is 26.3 Å². The Labute approximate surface area is 109 Å². The predicted molar refractivity (Wildman–Crippen MR) is 67.7 cm³/mol. The Kier molecular flexibility index (Phi) is 3.18. The van der Waals surface area contributed by atoms with Gasteiger partial charge in [-0.05, 0) is 30.0 Å². The molecule has 3 N–H and O–H groups in total. The first-order valence-corrected chi connectivity index (χ1v) is 5.90. The molecule has 1 fully saturated rings. The summed E-state index contributed by atoms with van der Waals surface area (Å²) in [6.07, 6.45) is 0.890. The minimum atomic E-state index is -1.21. The molecule has 19 heavy (non-hydrogen) atoms. The van der Waals surface area contributed by atoms with Gasteiger partial charge in [0, 0.05) is 6.04 Å². The maximum Gasteiger partial charge on any atom is 0.335 e. The smallest absolute Gasteiger partial charge is 0.335 e. The van der Waals surface area contributed by atoms with E-state index in [2.05, 4.69) is 10.6 Å². The highest BCUT2D eigenvalue weighted by Gasteiger charge is 2.46. The minimum absolute atomic E-state index is 0.0408. The van der Waals surface area contributed by atoms with Gasteiger partial charge in [0.05, 0.1) is 11.3 Å². The van der Waals surface area contributed by atoms with E-state index in [-0.39, 0.29) is 22.7 Å². The molecule has 1 aliphatic rings. The molecule has 0 heterocycles. The van der Waals surface area contributed by atoms with Crippen molar-refractivity contribution in [1.29, 1.82) is 0 Å². The summed E-state index contributed by atoms with van der Waals surface area (Å²) in [6, 6.07) is 2.95.